The summed E-state index contributed by atoms with van der Waals surface area (Å²) in [6, 6.07) is 62.8. The molecule has 0 bridgehead atoms. The van der Waals surface area contributed by atoms with Crippen molar-refractivity contribution in [2.24, 2.45) is 0 Å². The molecule has 9 aromatic rings. The van der Waals surface area contributed by atoms with Crippen molar-refractivity contribution in [3.8, 4) is 67.5 Å². The molecule has 0 radical (unpaired) electrons. The Hall–Kier alpha value is -6.49. The van der Waals surface area contributed by atoms with Crippen molar-refractivity contribution >= 4 is 40.0 Å². The van der Waals surface area contributed by atoms with Crippen molar-refractivity contribution < 1.29 is 0 Å². The Kier molecular flexibility index (Phi) is 7.27. The van der Waals surface area contributed by atoms with Gasteiger partial charge in [-0.3, -0.25) is 0 Å². The molecule has 0 N–H and O–H groups in total. The van der Waals surface area contributed by atoms with Crippen LogP contribution in [0.1, 0.15) is 0 Å². The minimum absolute atomic E-state index is 0.655. The molecule has 10 rings (SSSR count). The van der Waals surface area contributed by atoms with E-state index in [1.807, 2.05) is 0 Å². The number of aromatic nitrogens is 3. The van der Waals surface area contributed by atoms with Crippen LogP contribution in [-0.2, 0) is 0 Å². The van der Waals surface area contributed by atoms with E-state index in [9.17, 15) is 0 Å². The second kappa shape index (κ2) is 12.3. The van der Waals surface area contributed by atoms with Crippen molar-refractivity contribution in [2.45, 2.75) is 13.1 Å². The molecule has 2 heterocycles. The first-order valence-electron chi connectivity index (χ1n) is 18.2. The third-order valence-corrected chi connectivity index (χ3v) is 14.5. The van der Waals surface area contributed by atoms with E-state index in [2.05, 4.69) is 189 Å². The minimum atomic E-state index is -1.96. The largest absolute Gasteiger partial charge is 0.208 e. The molecule has 0 aliphatic carbocycles. The first-order valence-corrected chi connectivity index (χ1v) is 21.2. The SMILES string of the molecule is C[Si]1(C)c2ccc(-c3nc(-c4ccccc4-c4ccccc4)nc(-c4ccc(-c5ccccc5)c5ccccc45)n3)cc2-c2ccc3ccccc3c21. The summed E-state index contributed by atoms with van der Waals surface area (Å²) < 4.78 is 0. The molecule has 3 nitrogen and oxygen atoms in total. The Morgan fingerprint density at radius 3 is 1.60 bits per heavy atom. The highest BCUT2D eigenvalue weighted by Crippen LogP contribution is 2.39. The second-order valence-corrected chi connectivity index (χ2v) is 18.7. The number of hydrogen-bond acceptors (Lipinski definition) is 3. The molecule has 0 unspecified atom stereocenters. The van der Waals surface area contributed by atoms with E-state index in [0.717, 1.165) is 38.6 Å². The predicted molar refractivity (Wildman–Crippen MR) is 224 cm³/mol. The molecule has 0 amide bonds. The Balaban J connectivity index is 1.21. The van der Waals surface area contributed by atoms with Gasteiger partial charge in [-0.25, -0.2) is 15.0 Å². The van der Waals surface area contributed by atoms with E-state index in [1.165, 1.54) is 43.4 Å². The van der Waals surface area contributed by atoms with Crippen LogP contribution in [-0.4, -0.2) is 23.0 Å². The lowest BCUT2D eigenvalue weighted by Crippen LogP contribution is -2.49. The van der Waals surface area contributed by atoms with Gasteiger partial charge in [0, 0.05) is 16.7 Å². The molecule has 0 saturated heterocycles. The van der Waals surface area contributed by atoms with Gasteiger partial charge in [0.15, 0.2) is 17.5 Å². The van der Waals surface area contributed by atoms with Gasteiger partial charge in [-0.2, -0.15) is 0 Å². The van der Waals surface area contributed by atoms with E-state index in [1.54, 1.807) is 0 Å². The topological polar surface area (TPSA) is 38.7 Å². The van der Waals surface area contributed by atoms with Gasteiger partial charge in [0.25, 0.3) is 0 Å². The molecule has 0 atom stereocenters. The van der Waals surface area contributed by atoms with Gasteiger partial charge in [-0.05, 0) is 77.4 Å². The molecule has 53 heavy (non-hydrogen) atoms. The van der Waals surface area contributed by atoms with Gasteiger partial charge in [0.05, 0.1) is 0 Å². The van der Waals surface area contributed by atoms with E-state index < -0.39 is 8.07 Å². The average molecular weight is 694 g/mol. The van der Waals surface area contributed by atoms with Gasteiger partial charge in [-0.15, -0.1) is 0 Å². The van der Waals surface area contributed by atoms with Crippen LogP contribution >= 0.6 is 0 Å². The molecule has 8 aromatic carbocycles. The normalized spacial score (nSPS) is 12.9. The highest BCUT2D eigenvalue weighted by molar-refractivity contribution is 7.05. The van der Waals surface area contributed by atoms with Crippen LogP contribution in [0.5, 0.6) is 0 Å². The maximum absolute atomic E-state index is 5.31. The zero-order chi connectivity index (χ0) is 35.5. The molecular formula is C49H35N3Si. The maximum atomic E-state index is 5.31. The molecule has 1 aromatic heterocycles. The smallest absolute Gasteiger partial charge is 0.164 e. The Morgan fingerprint density at radius 1 is 0.340 bits per heavy atom. The van der Waals surface area contributed by atoms with Crippen LogP contribution in [0.15, 0.2) is 176 Å². The summed E-state index contributed by atoms with van der Waals surface area (Å²) in [5.41, 5.74) is 10.2. The van der Waals surface area contributed by atoms with E-state index in [-0.39, 0.29) is 0 Å². The highest BCUT2D eigenvalue weighted by Gasteiger charge is 2.39. The summed E-state index contributed by atoms with van der Waals surface area (Å²) >= 11 is 0. The van der Waals surface area contributed by atoms with Crippen LogP contribution in [0.3, 0.4) is 0 Å². The van der Waals surface area contributed by atoms with Gasteiger partial charge in [0.2, 0.25) is 0 Å². The van der Waals surface area contributed by atoms with Crippen LogP contribution in [0.4, 0.5) is 0 Å². The van der Waals surface area contributed by atoms with Crippen molar-refractivity contribution in [3.05, 3.63) is 176 Å². The lowest BCUT2D eigenvalue weighted by atomic mass is 9.94. The molecule has 1 aliphatic heterocycles. The van der Waals surface area contributed by atoms with E-state index in [0.29, 0.717) is 17.5 Å². The van der Waals surface area contributed by atoms with Crippen LogP contribution in [0.25, 0.3) is 89.1 Å². The molecular weight excluding hydrogens is 659 g/mol. The van der Waals surface area contributed by atoms with Crippen LogP contribution in [0.2, 0.25) is 13.1 Å². The molecule has 0 fully saturated rings. The molecule has 1 aliphatic rings. The van der Waals surface area contributed by atoms with Gasteiger partial charge >= 0.3 is 0 Å². The van der Waals surface area contributed by atoms with Crippen molar-refractivity contribution in [1.82, 2.24) is 15.0 Å². The standard InChI is InChI=1S/C49H35N3Si/c1-53(2)45-30-26-35(31-44(45)41-27-25-34-19-9-10-21-38(34)46(41)53)47-50-48(42-24-14-11-20-36(42)32-15-5-3-6-16-32)52-49(51-47)43-29-28-37(33-17-7-4-8-18-33)39-22-12-13-23-40(39)43/h3-31H,1-2H3. The van der Waals surface area contributed by atoms with Gasteiger partial charge in [-0.1, -0.05) is 177 Å². The molecule has 4 heteroatoms. The average Bonchev–Trinajstić information content (AvgIpc) is 3.46. The first-order chi connectivity index (χ1) is 26.0. The summed E-state index contributed by atoms with van der Waals surface area (Å²) in [7, 11) is -1.96. The van der Waals surface area contributed by atoms with Crippen molar-refractivity contribution in [2.75, 3.05) is 0 Å². The summed E-state index contributed by atoms with van der Waals surface area (Å²) in [5, 5.41) is 7.91. The maximum Gasteiger partial charge on any atom is 0.164 e. The third kappa shape index (κ3) is 5.14. The fourth-order valence-corrected chi connectivity index (χ4v) is 11.9. The van der Waals surface area contributed by atoms with Gasteiger partial charge in [0.1, 0.15) is 8.07 Å². The molecule has 0 spiro atoms. The number of fused-ring (bicyclic) bond motifs is 6. The second-order valence-electron chi connectivity index (χ2n) is 14.4. The predicted octanol–water partition coefficient (Wildman–Crippen LogP) is 11.3. The number of benzene rings is 8. The zero-order valence-corrected chi connectivity index (χ0v) is 30.6. The Labute approximate surface area is 310 Å². The van der Waals surface area contributed by atoms with Crippen LogP contribution in [0, 0.1) is 0 Å². The Bertz CT molecular complexity index is 2860. The summed E-state index contributed by atoms with van der Waals surface area (Å²) in [6.07, 6.45) is 0. The number of hydrogen-bond donors (Lipinski definition) is 0. The highest BCUT2D eigenvalue weighted by atomic mass is 28.3. The van der Waals surface area contributed by atoms with E-state index >= 15 is 0 Å². The number of nitrogens with zero attached hydrogens (tertiary/aromatic N) is 3. The lowest BCUT2D eigenvalue weighted by molar-refractivity contribution is 1.08. The zero-order valence-electron chi connectivity index (χ0n) is 29.6. The number of rotatable bonds is 5. The van der Waals surface area contributed by atoms with Crippen molar-refractivity contribution in [3.63, 3.8) is 0 Å². The quantitative estimate of drug-likeness (QED) is 0.168. The van der Waals surface area contributed by atoms with Gasteiger partial charge < -0.3 is 0 Å². The van der Waals surface area contributed by atoms with Crippen LogP contribution < -0.4 is 10.4 Å². The monoisotopic (exact) mass is 693 g/mol. The third-order valence-electron chi connectivity index (χ3n) is 10.9. The fourth-order valence-electron chi connectivity index (χ4n) is 8.41. The fraction of sp³-hybridized carbons (Fsp3) is 0.0408. The molecule has 250 valence electrons. The van der Waals surface area contributed by atoms with E-state index in [4.69, 9.17) is 15.0 Å². The summed E-state index contributed by atoms with van der Waals surface area (Å²) in [6.45, 7) is 4.96. The summed E-state index contributed by atoms with van der Waals surface area (Å²) in [5.74, 6) is 1.98. The van der Waals surface area contributed by atoms with Crippen molar-refractivity contribution in [1.29, 1.82) is 0 Å². The lowest BCUT2D eigenvalue weighted by Gasteiger charge is -2.20. The first kappa shape index (κ1) is 31.3. The summed E-state index contributed by atoms with van der Waals surface area (Å²) in [4.78, 5) is 15.9. The Morgan fingerprint density at radius 2 is 0.868 bits per heavy atom. The molecule has 0 saturated carbocycles. The minimum Gasteiger partial charge on any atom is -0.208 e.